The largest absolute Gasteiger partial charge is 0.351 e. The van der Waals surface area contributed by atoms with Crippen molar-refractivity contribution in [1.29, 1.82) is 0 Å². The van der Waals surface area contributed by atoms with E-state index < -0.39 is 5.66 Å². The van der Waals surface area contributed by atoms with Crippen molar-refractivity contribution in [3.63, 3.8) is 0 Å². The highest BCUT2D eigenvalue weighted by atomic mass is 16.2. The maximum absolute atomic E-state index is 12.7. The Morgan fingerprint density at radius 2 is 1.79 bits per heavy atom. The lowest BCUT2D eigenvalue weighted by Crippen LogP contribution is -2.67. The van der Waals surface area contributed by atoms with Crippen LogP contribution in [-0.2, 0) is 6.42 Å². The first-order valence-corrected chi connectivity index (χ1v) is 9.83. The zero-order valence-corrected chi connectivity index (χ0v) is 16.4. The molecule has 0 aromatic heterocycles. The first-order valence-electron chi connectivity index (χ1n) is 9.83. The molecule has 2 N–H and O–H groups in total. The average Bonchev–Trinajstić information content (AvgIpc) is 2.73. The number of para-hydroxylation sites is 1. The Kier molecular flexibility index (Phi) is 4.71. The fourth-order valence-electron chi connectivity index (χ4n) is 4.12. The van der Waals surface area contributed by atoms with Gasteiger partial charge < -0.3 is 20.4 Å². The zero-order chi connectivity index (χ0) is 19.7. The summed E-state index contributed by atoms with van der Waals surface area (Å²) in [5.74, 6) is -0.0392. The van der Waals surface area contributed by atoms with Crippen LogP contribution in [-0.4, -0.2) is 42.6 Å². The van der Waals surface area contributed by atoms with Crippen LogP contribution in [0.3, 0.4) is 0 Å². The monoisotopic (exact) mass is 378 g/mol. The minimum atomic E-state index is -0.439. The Bertz CT molecular complexity index is 886. The van der Waals surface area contributed by atoms with Gasteiger partial charge in [0.15, 0.2) is 0 Å². The van der Waals surface area contributed by atoms with Crippen molar-refractivity contribution in [3.8, 4) is 0 Å². The number of aryl methyl sites for hydroxylation is 1. The van der Waals surface area contributed by atoms with E-state index in [2.05, 4.69) is 22.5 Å². The number of hydrogen-bond acceptors (Lipinski definition) is 3. The molecule has 4 rings (SSSR count). The molecular weight excluding hydrogens is 352 g/mol. The maximum atomic E-state index is 12.7. The number of benzene rings is 2. The second kappa shape index (κ2) is 7.19. The van der Waals surface area contributed by atoms with E-state index in [-0.39, 0.29) is 11.9 Å². The van der Waals surface area contributed by atoms with Crippen LogP contribution in [0.15, 0.2) is 48.5 Å². The summed E-state index contributed by atoms with van der Waals surface area (Å²) in [7, 11) is 2.02. The van der Waals surface area contributed by atoms with E-state index >= 15 is 0 Å². The average molecular weight is 378 g/mol. The lowest BCUT2D eigenvalue weighted by atomic mass is 9.90. The first kappa shape index (κ1) is 18.3. The number of nitrogens with zero attached hydrogens (tertiary/aromatic N) is 2. The van der Waals surface area contributed by atoms with Gasteiger partial charge in [0.25, 0.3) is 5.91 Å². The van der Waals surface area contributed by atoms with Crippen LogP contribution in [0.2, 0.25) is 0 Å². The summed E-state index contributed by atoms with van der Waals surface area (Å²) in [6.07, 6.45) is 2.35. The molecule has 0 aliphatic carbocycles. The first-order chi connectivity index (χ1) is 13.5. The highest BCUT2D eigenvalue weighted by molar-refractivity contribution is 6.02. The summed E-state index contributed by atoms with van der Waals surface area (Å²) in [5, 5.41) is 6.16. The molecule has 2 heterocycles. The van der Waals surface area contributed by atoms with Crippen LogP contribution >= 0.6 is 0 Å². The number of carbonyl (C=O) groups is 2. The summed E-state index contributed by atoms with van der Waals surface area (Å²) in [6, 6.07) is 15.5. The van der Waals surface area contributed by atoms with Gasteiger partial charge >= 0.3 is 6.03 Å². The summed E-state index contributed by atoms with van der Waals surface area (Å²) in [4.78, 5) is 29.2. The molecule has 0 bridgehead atoms. The van der Waals surface area contributed by atoms with Crippen LogP contribution in [0.4, 0.5) is 16.2 Å². The number of likely N-dealkylation sites (tertiary alicyclic amines) is 1. The van der Waals surface area contributed by atoms with Gasteiger partial charge in [-0.3, -0.25) is 4.79 Å². The van der Waals surface area contributed by atoms with Gasteiger partial charge in [0, 0.05) is 38.7 Å². The van der Waals surface area contributed by atoms with Gasteiger partial charge in [-0.1, -0.05) is 31.2 Å². The van der Waals surface area contributed by atoms with E-state index in [9.17, 15) is 9.59 Å². The number of carbonyl (C=O) groups excluding carboxylic acids is 2. The summed E-state index contributed by atoms with van der Waals surface area (Å²) in [6.45, 7) is 3.29. The van der Waals surface area contributed by atoms with E-state index in [1.54, 1.807) is 0 Å². The molecule has 2 aliphatic rings. The van der Waals surface area contributed by atoms with E-state index in [4.69, 9.17) is 0 Å². The van der Waals surface area contributed by atoms with Crippen molar-refractivity contribution >= 4 is 23.3 Å². The standard InChI is InChI=1S/C22H26N4O2/c1-3-16-8-10-17(11-9-16)23-21(28)26-14-12-22(13-15-26)24-20(27)18-6-4-5-7-19(18)25(22)2/h4-11H,3,12-15H2,1-2H3,(H,23,28)(H,24,27). The fraction of sp³-hybridized carbons (Fsp3) is 0.364. The summed E-state index contributed by atoms with van der Waals surface area (Å²) >= 11 is 0. The normalized spacial score (nSPS) is 17.9. The van der Waals surface area contributed by atoms with Gasteiger partial charge in [-0.25, -0.2) is 4.79 Å². The van der Waals surface area contributed by atoms with Gasteiger partial charge in [0.1, 0.15) is 5.66 Å². The van der Waals surface area contributed by atoms with Gasteiger partial charge in [-0.2, -0.15) is 0 Å². The van der Waals surface area contributed by atoms with Crippen LogP contribution < -0.4 is 15.5 Å². The van der Waals surface area contributed by atoms with Crippen molar-refractivity contribution < 1.29 is 9.59 Å². The third-order valence-electron chi connectivity index (χ3n) is 5.99. The predicted octanol–water partition coefficient (Wildman–Crippen LogP) is 3.45. The molecule has 3 amide bonds. The number of rotatable bonds is 2. The molecule has 2 aliphatic heterocycles. The number of anilines is 2. The van der Waals surface area contributed by atoms with Crippen LogP contribution in [0.1, 0.15) is 35.7 Å². The molecule has 2 aromatic rings. The zero-order valence-electron chi connectivity index (χ0n) is 16.4. The van der Waals surface area contributed by atoms with E-state index in [0.717, 1.165) is 17.8 Å². The number of nitrogens with one attached hydrogen (secondary N) is 2. The minimum Gasteiger partial charge on any atom is -0.351 e. The van der Waals surface area contributed by atoms with Gasteiger partial charge in [-0.15, -0.1) is 0 Å². The molecular formula is C22H26N4O2. The van der Waals surface area contributed by atoms with Gasteiger partial charge in [0.05, 0.1) is 11.3 Å². The van der Waals surface area contributed by atoms with Crippen LogP contribution in [0.5, 0.6) is 0 Å². The van der Waals surface area contributed by atoms with Crippen LogP contribution in [0.25, 0.3) is 0 Å². The molecule has 2 aromatic carbocycles. The minimum absolute atomic E-state index is 0.0392. The van der Waals surface area contributed by atoms with E-state index in [1.165, 1.54) is 5.56 Å². The smallest absolute Gasteiger partial charge is 0.321 e. The second-order valence-electron chi connectivity index (χ2n) is 7.53. The van der Waals surface area contributed by atoms with Gasteiger partial charge in [0.2, 0.25) is 0 Å². The van der Waals surface area contributed by atoms with Gasteiger partial charge in [-0.05, 0) is 36.2 Å². The third-order valence-corrected chi connectivity index (χ3v) is 5.99. The summed E-state index contributed by atoms with van der Waals surface area (Å²) < 4.78 is 0. The van der Waals surface area contributed by atoms with Crippen molar-refractivity contribution in [2.75, 3.05) is 30.4 Å². The van der Waals surface area contributed by atoms with Crippen LogP contribution in [0, 0.1) is 0 Å². The molecule has 1 saturated heterocycles. The topological polar surface area (TPSA) is 64.7 Å². The van der Waals surface area contributed by atoms with E-state index in [0.29, 0.717) is 31.5 Å². The number of amides is 3. The van der Waals surface area contributed by atoms with E-state index in [1.807, 2.05) is 60.5 Å². The maximum Gasteiger partial charge on any atom is 0.321 e. The SMILES string of the molecule is CCc1ccc(NC(=O)N2CCC3(CC2)NC(=O)c2ccccc2N3C)cc1. The molecule has 0 atom stereocenters. The Morgan fingerprint density at radius 3 is 2.46 bits per heavy atom. The molecule has 6 heteroatoms. The van der Waals surface area contributed by atoms with Crippen molar-refractivity contribution in [2.24, 2.45) is 0 Å². The number of fused-ring (bicyclic) bond motifs is 1. The molecule has 0 radical (unpaired) electrons. The molecule has 28 heavy (non-hydrogen) atoms. The fourth-order valence-corrected chi connectivity index (χ4v) is 4.12. The molecule has 6 nitrogen and oxygen atoms in total. The predicted molar refractivity (Wildman–Crippen MR) is 111 cm³/mol. The molecule has 0 unspecified atom stereocenters. The highest BCUT2D eigenvalue weighted by Gasteiger charge is 2.44. The molecule has 146 valence electrons. The Labute approximate surface area is 165 Å². The number of piperidine rings is 1. The van der Waals surface area contributed by atoms with Crippen molar-refractivity contribution in [3.05, 3.63) is 59.7 Å². The molecule has 1 spiro atoms. The number of hydrogen-bond donors (Lipinski definition) is 2. The lowest BCUT2D eigenvalue weighted by molar-refractivity contribution is 0.0815. The number of urea groups is 1. The Balaban J connectivity index is 1.43. The second-order valence-corrected chi connectivity index (χ2v) is 7.53. The molecule has 1 fully saturated rings. The Hall–Kier alpha value is -3.02. The highest BCUT2D eigenvalue weighted by Crippen LogP contribution is 2.36. The molecule has 0 saturated carbocycles. The summed E-state index contributed by atoms with van der Waals surface area (Å²) in [5.41, 5.74) is 3.26. The third kappa shape index (κ3) is 3.19. The van der Waals surface area contributed by atoms with Crippen molar-refractivity contribution in [2.45, 2.75) is 31.8 Å². The van der Waals surface area contributed by atoms with Crippen molar-refractivity contribution in [1.82, 2.24) is 10.2 Å². The quantitative estimate of drug-likeness (QED) is 0.841. The lowest BCUT2D eigenvalue weighted by Gasteiger charge is -2.51. The Morgan fingerprint density at radius 1 is 1.11 bits per heavy atom.